The van der Waals surface area contributed by atoms with Gasteiger partial charge in [-0.3, -0.25) is 0 Å². The average Bonchev–Trinajstić information content (AvgIpc) is 3.44. The van der Waals surface area contributed by atoms with Crippen molar-refractivity contribution in [2.75, 3.05) is 6.61 Å². The molecule has 0 bridgehead atoms. The third kappa shape index (κ3) is 5.69. The van der Waals surface area contributed by atoms with Crippen LogP contribution in [-0.2, 0) is 20.8 Å². The van der Waals surface area contributed by atoms with Crippen molar-refractivity contribution in [2.24, 2.45) is 0 Å². The lowest BCUT2D eigenvalue weighted by atomic mass is 9.68. The number of alkyl halides is 1. The lowest BCUT2D eigenvalue weighted by molar-refractivity contribution is -0.137. The molecule has 244 valence electrons. The molecule has 0 N–H and O–H groups in total. The molecule has 1 aliphatic rings. The number of ether oxygens (including phenoxy) is 1. The van der Waals surface area contributed by atoms with Gasteiger partial charge in [0.2, 0.25) is 0 Å². The van der Waals surface area contributed by atoms with Crippen LogP contribution in [0.5, 0.6) is 0 Å². The molecule has 0 aliphatic heterocycles. The Kier molecular flexibility index (Phi) is 9.25. The van der Waals surface area contributed by atoms with E-state index in [1.54, 1.807) is 0 Å². The van der Waals surface area contributed by atoms with E-state index in [0.717, 1.165) is 37.7 Å². The molecule has 0 radical (unpaired) electrons. The maximum Gasteiger partial charge on any atom is 0.330 e. The molecule has 0 saturated heterocycles. The molecule has 0 saturated carbocycles. The molecule has 3 heteroatoms. The fourth-order valence-corrected chi connectivity index (χ4v) is 8.28. The summed E-state index contributed by atoms with van der Waals surface area (Å²) in [6.45, 7) is 10.9. The number of halogens is 1. The van der Waals surface area contributed by atoms with Crippen molar-refractivity contribution >= 4 is 39.1 Å². The number of rotatable bonds is 12. The van der Waals surface area contributed by atoms with Gasteiger partial charge in [0.25, 0.3) is 0 Å². The third-order valence-corrected chi connectivity index (χ3v) is 10.7. The Bertz CT molecular complexity index is 2170. The van der Waals surface area contributed by atoms with Crippen LogP contribution in [0.15, 0.2) is 140 Å². The first-order valence-electron chi connectivity index (χ1n) is 17.3. The molecule has 1 aliphatic carbocycles. The molecule has 0 aromatic heterocycles. The maximum atomic E-state index is 11.6. The van der Waals surface area contributed by atoms with E-state index in [9.17, 15) is 4.79 Å². The number of benzene rings is 6. The molecule has 7 rings (SSSR count). The summed E-state index contributed by atoms with van der Waals surface area (Å²) in [5.41, 5.74) is 12.2. The molecule has 0 spiro atoms. The number of carbonyl (C=O) groups excluding carboxylic acids is 1. The lowest BCUT2D eigenvalue weighted by Gasteiger charge is -2.35. The molecule has 0 heterocycles. The normalized spacial score (nSPS) is 14.8. The highest BCUT2D eigenvalue weighted by Crippen LogP contribution is 2.57. The number of esters is 1. The molecule has 0 amide bonds. The third-order valence-electron chi connectivity index (χ3n) is 10.4. The first-order valence-corrected chi connectivity index (χ1v) is 17.9. The van der Waals surface area contributed by atoms with Crippen LogP contribution in [0.25, 0.3) is 54.9 Å². The van der Waals surface area contributed by atoms with Crippen LogP contribution in [0.1, 0.15) is 55.7 Å². The smallest absolute Gasteiger partial charge is 0.330 e. The largest absolute Gasteiger partial charge is 0.463 e. The number of carbonyl (C=O) groups is 1. The predicted molar refractivity (Wildman–Crippen MR) is 207 cm³/mol. The molecule has 49 heavy (non-hydrogen) atoms. The minimum Gasteiger partial charge on any atom is -0.463 e. The van der Waals surface area contributed by atoms with Crippen molar-refractivity contribution in [3.63, 3.8) is 0 Å². The zero-order valence-electron chi connectivity index (χ0n) is 28.1. The van der Waals surface area contributed by atoms with Crippen LogP contribution >= 0.6 is 11.6 Å². The molecule has 6 aromatic carbocycles. The van der Waals surface area contributed by atoms with E-state index < -0.39 is 0 Å². The molecule has 6 aromatic rings. The summed E-state index contributed by atoms with van der Waals surface area (Å²) in [6, 6.07) is 42.3. The van der Waals surface area contributed by atoms with Gasteiger partial charge in [-0.15, -0.1) is 11.6 Å². The Morgan fingerprint density at radius 2 is 1.33 bits per heavy atom. The number of fused-ring (bicyclic) bond motifs is 5. The minimum absolute atomic E-state index is 0.304. The zero-order chi connectivity index (χ0) is 34.0. The number of hydrogen-bond donors (Lipinski definition) is 0. The maximum absolute atomic E-state index is 11.6. The van der Waals surface area contributed by atoms with Crippen molar-refractivity contribution in [1.29, 1.82) is 0 Å². The van der Waals surface area contributed by atoms with Crippen LogP contribution in [0.4, 0.5) is 0 Å². The minimum atomic E-state index is -0.362. The first kappa shape index (κ1) is 32.6. The van der Waals surface area contributed by atoms with Crippen LogP contribution in [0.2, 0.25) is 0 Å². The number of hydrogen-bond acceptors (Lipinski definition) is 2. The molecule has 1 atom stereocenters. The predicted octanol–water partition coefficient (Wildman–Crippen LogP) is 12.6. The molecular weight excluding hydrogens is 620 g/mol. The van der Waals surface area contributed by atoms with Crippen LogP contribution in [-0.4, -0.2) is 12.6 Å². The first-order chi connectivity index (χ1) is 24.0. The Morgan fingerprint density at radius 3 is 1.96 bits per heavy atom. The van der Waals surface area contributed by atoms with Gasteiger partial charge in [0.1, 0.15) is 0 Å². The second-order valence-corrected chi connectivity index (χ2v) is 13.3. The van der Waals surface area contributed by atoms with E-state index in [1.165, 1.54) is 77.7 Å². The van der Waals surface area contributed by atoms with Gasteiger partial charge in [-0.1, -0.05) is 142 Å². The monoisotopic (exact) mass is 660 g/mol. The summed E-state index contributed by atoms with van der Waals surface area (Å²) in [7, 11) is 0. The van der Waals surface area contributed by atoms with Gasteiger partial charge in [-0.2, -0.15) is 0 Å². The van der Waals surface area contributed by atoms with Crippen LogP contribution in [0.3, 0.4) is 0 Å². The summed E-state index contributed by atoms with van der Waals surface area (Å²) in [6.07, 6.45) is 5.83. The zero-order valence-corrected chi connectivity index (χ0v) is 28.9. The van der Waals surface area contributed by atoms with E-state index in [1.807, 2.05) is 0 Å². The number of allylic oxidation sites excluding steroid dienone is 1. The van der Waals surface area contributed by atoms with Gasteiger partial charge in [0.15, 0.2) is 0 Å². The summed E-state index contributed by atoms with van der Waals surface area (Å²) >= 11 is 6.31. The fraction of sp³-hybridized carbons (Fsp3) is 0.196. The van der Waals surface area contributed by atoms with E-state index in [2.05, 4.69) is 129 Å². The highest BCUT2D eigenvalue weighted by molar-refractivity contribution is 6.21. The van der Waals surface area contributed by atoms with Gasteiger partial charge >= 0.3 is 5.97 Å². The Balaban J connectivity index is 1.40. The fourth-order valence-electron chi connectivity index (χ4n) is 8.11. The van der Waals surface area contributed by atoms with E-state index >= 15 is 0 Å². The summed E-state index contributed by atoms with van der Waals surface area (Å²) in [4.78, 5) is 11.6. The Labute approximate surface area is 294 Å². The highest BCUT2D eigenvalue weighted by Gasteiger charge is 2.44. The quantitative estimate of drug-likeness (QED) is 0.0326. The summed E-state index contributed by atoms with van der Waals surface area (Å²) in [5.74, 6) is 0.117. The van der Waals surface area contributed by atoms with Crippen molar-refractivity contribution in [3.05, 3.63) is 157 Å². The standard InChI is InChI=1S/C46H41ClO2/c1-4-31(3)46(26-13-6-14-27-49-43(48)5-2)41-23-12-11-18-35(41)36-25-24-34(29-42(36)46)45-39-21-9-7-19-37(39)44(38-20-8-10-22-40(38)45)33-17-15-16-32(28-33)30-47/h5,7-12,15-25,28-29H,2-4,6,13-14,26-27,30H2,1H3. The van der Waals surface area contributed by atoms with Crippen LogP contribution in [0, 0.1) is 0 Å². The summed E-state index contributed by atoms with van der Waals surface area (Å²) < 4.78 is 5.27. The number of unbranched alkanes of at least 4 members (excludes halogenated alkanes) is 2. The van der Waals surface area contributed by atoms with Crippen molar-refractivity contribution < 1.29 is 9.53 Å². The summed E-state index contributed by atoms with van der Waals surface area (Å²) in [5, 5.41) is 4.93. The van der Waals surface area contributed by atoms with Crippen molar-refractivity contribution in [2.45, 2.75) is 50.3 Å². The van der Waals surface area contributed by atoms with Crippen LogP contribution < -0.4 is 0 Å². The lowest BCUT2D eigenvalue weighted by Crippen LogP contribution is -2.27. The Hall–Kier alpha value is -4.92. The molecule has 2 nitrogen and oxygen atoms in total. The van der Waals surface area contributed by atoms with Gasteiger partial charge < -0.3 is 4.74 Å². The Morgan fingerprint density at radius 1 is 0.714 bits per heavy atom. The van der Waals surface area contributed by atoms with Gasteiger partial charge in [0, 0.05) is 17.4 Å². The molecule has 0 fully saturated rings. The second-order valence-electron chi connectivity index (χ2n) is 13.0. The highest BCUT2D eigenvalue weighted by atomic mass is 35.5. The molecular formula is C46H41ClO2. The van der Waals surface area contributed by atoms with Crippen molar-refractivity contribution in [3.8, 4) is 33.4 Å². The van der Waals surface area contributed by atoms with E-state index in [0.29, 0.717) is 12.5 Å². The van der Waals surface area contributed by atoms with E-state index in [4.69, 9.17) is 22.9 Å². The van der Waals surface area contributed by atoms with E-state index in [-0.39, 0.29) is 11.4 Å². The van der Waals surface area contributed by atoms with Crippen molar-refractivity contribution in [1.82, 2.24) is 0 Å². The van der Waals surface area contributed by atoms with Gasteiger partial charge in [-0.25, -0.2) is 4.79 Å². The SMILES string of the molecule is C=CC(=O)OCCCCCC1(C(=C)CC)c2ccccc2-c2ccc(-c3c4ccccc4c(-c4cccc(CCl)c4)c4ccccc34)cc21. The topological polar surface area (TPSA) is 26.3 Å². The second kappa shape index (κ2) is 13.9. The molecule has 1 unspecified atom stereocenters. The van der Waals surface area contributed by atoms with Gasteiger partial charge in [-0.05, 0) is 103 Å². The average molecular weight is 661 g/mol. The van der Waals surface area contributed by atoms with Gasteiger partial charge in [0.05, 0.1) is 6.61 Å².